The minimum absolute atomic E-state index is 0.699. The highest BCUT2D eigenvalue weighted by Gasteiger charge is 1.81. The largest absolute Gasteiger partial charge is 0.0939 e. The predicted molar refractivity (Wildman–Crippen MR) is 27.3 cm³/mol. The molecule has 0 heterocycles. The maximum Gasteiger partial charge on any atom is 0.00600 e. The topological polar surface area (TPSA) is 0 Å². The zero-order chi connectivity index (χ0) is 4.28. The molecule has 0 aromatic carbocycles. The molecule has 0 saturated carbocycles. The second-order valence-corrected chi connectivity index (χ2v) is 1.89. The summed E-state index contributed by atoms with van der Waals surface area (Å²) in [6.45, 7) is 4.24. The lowest BCUT2D eigenvalue weighted by molar-refractivity contribution is 0.753. The van der Waals surface area contributed by atoms with E-state index in [2.05, 4.69) is 26.5 Å². The molecule has 0 aliphatic rings. The fourth-order valence-electron chi connectivity index (χ4n) is 0. The quantitative estimate of drug-likeness (QED) is 0.460. The summed E-state index contributed by atoms with van der Waals surface area (Å²) in [7, 11) is 0. The van der Waals surface area contributed by atoms with Gasteiger partial charge in [-0.3, -0.25) is 0 Å². The Morgan fingerprint density at radius 3 is 1.80 bits per heavy atom. The average molecular weight is 89.2 g/mol. The van der Waals surface area contributed by atoms with Crippen molar-refractivity contribution in [1.82, 2.24) is 0 Å². The van der Waals surface area contributed by atoms with E-state index < -0.39 is 0 Å². The van der Waals surface area contributed by atoms with Crippen molar-refractivity contribution in [3.8, 4) is 0 Å². The van der Waals surface area contributed by atoms with E-state index in [1.54, 1.807) is 0 Å². The van der Waals surface area contributed by atoms with Gasteiger partial charge in [0.1, 0.15) is 0 Å². The number of hydrogen-bond donors (Lipinski definition) is 0. The monoisotopic (exact) mass is 89.0 g/mol. The van der Waals surface area contributed by atoms with Crippen molar-refractivity contribution in [2.75, 3.05) is 5.75 Å². The zero-order valence-electron chi connectivity index (χ0n) is 3.69. The van der Waals surface area contributed by atoms with Crippen molar-refractivity contribution in [1.29, 1.82) is 0 Å². The Kier molecular flexibility index (Phi) is 2.76. The van der Waals surface area contributed by atoms with E-state index in [4.69, 9.17) is 0 Å². The van der Waals surface area contributed by atoms with Gasteiger partial charge in [-0.1, -0.05) is 26.5 Å². The summed E-state index contributed by atoms with van der Waals surface area (Å²) in [6, 6.07) is 0. The summed E-state index contributed by atoms with van der Waals surface area (Å²) < 4.78 is 0. The summed E-state index contributed by atoms with van der Waals surface area (Å²) in [5.41, 5.74) is 0. The van der Waals surface area contributed by atoms with Gasteiger partial charge in [-0.2, -0.15) is 0 Å². The van der Waals surface area contributed by atoms with Crippen molar-refractivity contribution in [2.24, 2.45) is 5.92 Å². The first-order valence-corrected chi connectivity index (χ1v) is 2.43. The molecule has 0 N–H and O–H groups in total. The van der Waals surface area contributed by atoms with Gasteiger partial charge in [0.25, 0.3) is 0 Å². The van der Waals surface area contributed by atoms with E-state index in [1.165, 1.54) is 0 Å². The second-order valence-electron chi connectivity index (χ2n) is 1.56. The molecule has 1 heteroatoms. The first-order chi connectivity index (χ1) is 2.27. The minimum Gasteiger partial charge on any atom is -0.0939 e. The highest BCUT2D eigenvalue weighted by atomic mass is 32.1. The van der Waals surface area contributed by atoms with Crippen LogP contribution in [0.25, 0.3) is 0 Å². The Morgan fingerprint density at radius 2 is 1.80 bits per heavy atom. The molecule has 0 spiro atoms. The molecule has 0 aromatic rings. The summed E-state index contributed by atoms with van der Waals surface area (Å²) in [6.07, 6.45) is 0. The molecule has 0 nitrogen and oxygen atoms in total. The van der Waals surface area contributed by atoms with E-state index in [1.807, 2.05) is 0 Å². The van der Waals surface area contributed by atoms with Crippen LogP contribution < -0.4 is 0 Å². The molecule has 0 aliphatic carbocycles. The highest BCUT2D eigenvalue weighted by Crippen LogP contribution is 1.90. The summed E-state index contributed by atoms with van der Waals surface area (Å²) in [4.78, 5) is 0. The summed E-state index contributed by atoms with van der Waals surface area (Å²) in [5, 5.41) is 0. The molecule has 1 radical (unpaired) electrons. The molecule has 0 bridgehead atoms. The molecule has 0 aromatic heterocycles. The number of hydrogen-bond acceptors (Lipinski definition) is 0. The normalized spacial score (nSPS) is 9.60. The molecule has 31 valence electrons. The predicted octanol–water partition coefficient (Wildman–Crippen LogP) is 1.84. The van der Waals surface area contributed by atoms with Crippen LogP contribution in [0.1, 0.15) is 13.8 Å². The zero-order valence-corrected chi connectivity index (χ0v) is 4.51. The Bertz CT molecular complexity index is 17.6. The van der Waals surface area contributed by atoms with Gasteiger partial charge >= 0.3 is 0 Å². The van der Waals surface area contributed by atoms with Gasteiger partial charge in [-0.05, 0) is 5.92 Å². The fourth-order valence-corrected chi connectivity index (χ4v) is 0. The molecule has 0 amide bonds. The molecule has 0 rings (SSSR count). The van der Waals surface area contributed by atoms with Gasteiger partial charge in [0.15, 0.2) is 0 Å². The van der Waals surface area contributed by atoms with Crippen molar-refractivity contribution < 1.29 is 0 Å². The standard InChI is InChI=1S/C4H9S/c1-4(2)3-5/h4H,3H2,1-2H3. The molecular formula is C4H9S. The SMILES string of the molecule is CC(C)C[S]. The van der Waals surface area contributed by atoms with Crippen LogP contribution in [-0.4, -0.2) is 5.75 Å². The van der Waals surface area contributed by atoms with E-state index in [9.17, 15) is 0 Å². The van der Waals surface area contributed by atoms with Crippen molar-refractivity contribution >= 4 is 12.6 Å². The Balaban J connectivity index is 2.54. The van der Waals surface area contributed by atoms with Crippen LogP contribution in [0.2, 0.25) is 0 Å². The van der Waals surface area contributed by atoms with E-state index in [0.29, 0.717) is 5.92 Å². The van der Waals surface area contributed by atoms with Gasteiger partial charge in [-0.25, -0.2) is 0 Å². The van der Waals surface area contributed by atoms with E-state index in [-0.39, 0.29) is 0 Å². The lowest BCUT2D eigenvalue weighted by Crippen LogP contribution is -1.83. The van der Waals surface area contributed by atoms with Crippen molar-refractivity contribution in [2.45, 2.75) is 13.8 Å². The average Bonchev–Trinajstić information content (AvgIpc) is 1.38. The molecule has 0 saturated heterocycles. The molecule has 0 atom stereocenters. The van der Waals surface area contributed by atoms with Crippen LogP contribution >= 0.6 is 12.6 Å². The van der Waals surface area contributed by atoms with Crippen LogP contribution in [-0.2, 0) is 0 Å². The Labute approximate surface area is 39.0 Å². The fraction of sp³-hybridized carbons (Fsp3) is 1.00. The summed E-state index contributed by atoms with van der Waals surface area (Å²) >= 11 is 4.68. The highest BCUT2D eigenvalue weighted by molar-refractivity contribution is 7.80. The molecular weight excluding hydrogens is 80.1 g/mol. The van der Waals surface area contributed by atoms with Crippen LogP contribution in [0.15, 0.2) is 0 Å². The third-order valence-corrected chi connectivity index (χ3v) is 1.000. The molecule has 5 heavy (non-hydrogen) atoms. The molecule has 0 unspecified atom stereocenters. The van der Waals surface area contributed by atoms with Crippen molar-refractivity contribution in [3.63, 3.8) is 0 Å². The maximum atomic E-state index is 4.68. The van der Waals surface area contributed by atoms with Crippen LogP contribution in [0.3, 0.4) is 0 Å². The first-order valence-electron chi connectivity index (χ1n) is 1.85. The van der Waals surface area contributed by atoms with Crippen LogP contribution in [0, 0.1) is 5.92 Å². The van der Waals surface area contributed by atoms with Gasteiger partial charge in [-0.15, -0.1) is 0 Å². The smallest absolute Gasteiger partial charge is 0.00600 e. The van der Waals surface area contributed by atoms with E-state index in [0.717, 1.165) is 5.75 Å². The van der Waals surface area contributed by atoms with Crippen LogP contribution in [0.4, 0.5) is 0 Å². The second kappa shape index (κ2) is 2.58. The maximum absolute atomic E-state index is 4.68. The van der Waals surface area contributed by atoms with Crippen LogP contribution in [0.5, 0.6) is 0 Å². The van der Waals surface area contributed by atoms with Gasteiger partial charge in [0, 0.05) is 5.75 Å². The minimum atomic E-state index is 0.699. The third kappa shape index (κ3) is 4.35. The lowest BCUT2D eigenvalue weighted by atomic mass is 10.3. The van der Waals surface area contributed by atoms with E-state index >= 15 is 0 Å². The Morgan fingerprint density at radius 1 is 1.60 bits per heavy atom. The lowest BCUT2D eigenvalue weighted by Gasteiger charge is -1.88. The molecule has 0 fully saturated rings. The Hall–Kier alpha value is 0.350. The first kappa shape index (κ1) is 5.35. The number of rotatable bonds is 1. The van der Waals surface area contributed by atoms with Gasteiger partial charge < -0.3 is 0 Å². The van der Waals surface area contributed by atoms with Crippen molar-refractivity contribution in [3.05, 3.63) is 0 Å². The summed E-state index contributed by atoms with van der Waals surface area (Å²) in [5.74, 6) is 1.59. The molecule has 0 aliphatic heterocycles. The third-order valence-electron chi connectivity index (χ3n) is 0.333. The van der Waals surface area contributed by atoms with Gasteiger partial charge in [0.05, 0.1) is 0 Å². The van der Waals surface area contributed by atoms with Gasteiger partial charge in [0.2, 0.25) is 0 Å².